The normalized spacial score (nSPS) is 10.7. The maximum Gasteiger partial charge on any atom is 0.240 e. The maximum atomic E-state index is 12.1. The van der Waals surface area contributed by atoms with Crippen LogP contribution in [0.25, 0.3) is 0 Å². The van der Waals surface area contributed by atoms with Gasteiger partial charge >= 0.3 is 0 Å². The molecule has 7 nitrogen and oxygen atoms in total. The number of carbonyl (C=O) groups excluding carboxylic acids is 2. The Hall–Kier alpha value is -3.55. The van der Waals surface area contributed by atoms with Crippen LogP contribution in [0.4, 0.5) is 5.69 Å². The van der Waals surface area contributed by atoms with E-state index in [4.69, 9.17) is 32.7 Å². The van der Waals surface area contributed by atoms with E-state index in [1.807, 2.05) is 18.2 Å². The van der Waals surface area contributed by atoms with Gasteiger partial charge in [-0.05, 0) is 60.2 Å². The molecule has 34 heavy (non-hydrogen) atoms. The monoisotopic (exact) mass is 499 g/mol. The maximum absolute atomic E-state index is 12.1. The fraction of sp³-hybridized carbons (Fsp3) is 0.160. The highest BCUT2D eigenvalue weighted by Crippen LogP contribution is 2.23. The number of hydrogen-bond donors (Lipinski definition) is 2. The molecule has 3 aromatic carbocycles. The molecule has 0 saturated carbocycles. The second kappa shape index (κ2) is 12.6. The molecular formula is C25H23Cl2N3O4. The van der Waals surface area contributed by atoms with Crippen LogP contribution < -0.4 is 20.2 Å². The lowest BCUT2D eigenvalue weighted by Crippen LogP contribution is -2.20. The average molecular weight is 500 g/mol. The van der Waals surface area contributed by atoms with Crippen molar-refractivity contribution in [1.82, 2.24) is 5.43 Å². The van der Waals surface area contributed by atoms with Gasteiger partial charge in [-0.3, -0.25) is 9.59 Å². The molecule has 0 spiro atoms. The molecule has 0 atom stereocenters. The van der Waals surface area contributed by atoms with Crippen molar-refractivity contribution < 1.29 is 19.1 Å². The Balaban J connectivity index is 1.49. The smallest absolute Gasteiger partial charge is 0.240 e. The van der Waals surface area contributed by atoms with Gasteiger partial charge in [0.2, 0.25) is 11.8 Å². The quantitative estimate of drug-likeness (QED) is 0.286. The number of ether oxygens (including phenoxy) is 2. The van der Waals surface area contributed by atoms with Crippen LogP contribution in [0, 0.1) is 0 Å². The standard InChI is InChI=1S/C25H23Cl2N3O4/c1-33-22-8-6-21(7-9-22)29-24(31)11-12-25(32)30-28-15-18-14-20(27)5-10-23(18)34-16-17-3-2-4-19(26)13-17/h2-10,13-15H,11-12,16H2,1H3,(H,29,31)(H,30,32). The van der Waals surface area contributed by atoms with Gasteiger partial charge in [-0.2, -0.15) is 5.10 Å². The number of nitrogens with one attached hydrogen (secondary N) is 2. The number of nitrogens with zero attached hydrogens (tertiary/aromatic N) is 1. The van der Waals surface area contributed by atoms with E-state index in [1.54, 1.807) is 55.6 Å². The third kappa shape index (κ3) is 8.10. The van der Waals surface area contributed by atoms with E-state index in [-0.39, 0.29) is 18.7 Å². The van der Waals surface area contributed by atoms with E-state index in [1.165, 1.54) is 6.21 Å². The van der Waals surface area contributed by atoms with Crippen LogP contribution >= 0.6 is 23.2 Å². The van der Waals surface area contributed by atoms with E-state index in [9.17, 15) is 9.59 Å². The highest BCUT2D eigenvalue weighted by molar-refractivity contribution is 6.31. The summed E-state index contributed by atoms with van der Waals surface area (Å²) < 4.78 is 10.9. The predicted octanol–water partition coefficient (Wildman–Crippen LogP) is 5.45. The minimum atomic E-state index is -0.399. The van der Waals surface area contributed by atoms with E-state index < -0.39 is 5.91 Å². The Labute approximate surface area is 207 Å². The lowest BCUT2D eigenvalue weighted by molar-refractivity contribution is -0.124. The second-order valence-electron chi connectivity index (χ2n) is 7.17. The minimum Gasteiger partial charge on any atom is -0.497 e. The summed E-state index contributed by atoms with van der Waals surface area (Å²) in [4.78, 5) is 24.1. The molecule has 2 amide bonds. The summed E-state index contributed by atoms with van der Waals surface area (Å²) >= 11 is 12.1. The molecule has 3 rings (SSSR count). The van der Waals surface area contributed by atoms with Crippen LogP contribution in [-0.4, -0.2) is 25.1 Å². The van der Waals surface area contributed by atoms with Crippen LogP contribution in [0.1, 0.15) is 24.0 Å². The Kier molecular flexibility index (Phi) is 9.31. The lowest BCUT2D eigenvalue weighted by Gasteiger charge is -2.10. The van der Waals surface area contributed by atoms with Crippen molar-refractivity contribution >= 4 is 46.9 Å². The van der Waals surface area contributed by atoms with Crippen molar-refractivity contribution in [1.29, 1.82) is 0 Å². The number of hydrogen-bond acceptors (Lipinski definition) is 5. The molecule has 0 aliphatic heterocycles. The fourth-order valence-corrected chi connectivity index (χ4v) is 3.29. The molecule has 0 aliphatic rings. The molecule has 0 fully saturated rings. The number of halogens is 2. The Morgan fingerprint density at radius 3 is 2.41 bits per heavy atom. The number of hydrazone groups is 1. The number of rotatable bonds is 10. The minimum absolute atomic E-state index is 0.0124. The van der Waals surface area contributed by atoms with Crippen LogP contribution in [0.5, 0.6) is 11.5 Å². The van der Waals surface area contributed by atoms with Crippen molar-refractivity contribution in [3.63, 3.8) is 0 Å². The van der Waals surface area contributed by atoms with Crippen LogP contribution in [-0.2, 0) is 16.2 Å². The summed E-state index contributed by atoms with van der Waals surface area (Å²) in [5, 5.41) is 7.81. The van der Waals surface area contributed by atoms with Gasteiger partial charge in [0.05, 0.1) is 13.3 Å². The van der Waals surface area contributed by atoms with Crippen molar-refractivity contribution in [2.45, 2.75) is 19.4 Å². The summed E-state index contributed by atoms with van der Waals surface area (Å²) in [6.07, 6.45) is 1.43. The molecule has 0 bridgehead atoms. The van der Waals surface area contributed by atoms with Gasteiger partial charge in [0.25, 0.3) is 0 Å². The van der Waals surface area contributed by atoms with Gasteiger partial charge in [-0.1, -0.05) is 35.3 Å². The second-order valence-corrected chi connectivity index (χ2v) is 8.04. The number of anilines is 1. The third-order valence-electron chi connectivity index (χ3n) is 4.60. The van der Waals surface area contributed by atoms with Gasteiger partial charge < -0.3 is 14.8 Å². The Morgan fingerprint density at radius 1 is 0.941 bits per heavy atom. The topological polar surface area (TPSA) is 89.0 Å². The summed E-state index contributed by atoms with van der Waals surface area (Å²) in [6, 6.07) is 19.4. The highest BCUT2D eigenvalue weighted by Gasteiger charge is 2.08. The molecule has 2 N–H and O–H groups in total. The van der Waals surface area contributed by atoms with E-state index in [0.717, 1.165) is 5.56 Å². The van der Waals surface area contributed by atoms with Crippen molar-refractivity contribution in [2.75, 3.05) is 12.4 Å². The molecule has 3 aromatic rings. The molecule has 0 aliphatic carbocycles. The zero-order valence-electron chi connectivity index (χ0n) is 18.4. The first-order valence-electron chi connectivity index (χ1n) is 10.4. The Bertz CT molecular complexity index is 1170. The molecule has 0 radical (unpaired) electrons. The molecule has 0 heterocycles. The first-order valence-corrected chi connectivity index (χ1v) is 11.1. The Morgan fingerprint density at radius 2 is 1.68 bits per heavy atom. The number of amides is 2. The van der Waals surface area contributed by atoms with Gasteiger partial charge in [-0.15, -0.1) is 0 Å². The molecule has 176 valence electrons. The van der Waals surface area contributed by atoms with Crippen molar-refractivity contribution in [2.24, 2.45) is 5.10 Å². The summed E-state index contributed by atoms with van der Waals surface area (Å²) in [5.41, 5.74) is 4.53. The van der Waals surface area contributed by atoms with Gasteiger partial charge in [-0.25, -0.2) is 5.43 Å². The first kappa shape index (κ1) is 25.1. The molecule has 0 saturated heterocycles. The molecular weight excluding hydrogens is 477 g/mol. The zero-order chi connectivity index (χ0) is 24.3. The fourth-order valence-electron chi connectivity index (χ4n) is 2.89. The first-order chi connectivity index (χ1) is 16.4. The van der Waals surface area contributed by atoms with E-state index >= 15 is 0 Å². The average Bonchev–Trinajstić information content (AvgIpc) is 2.83. The summed E-state index contributed by atoms with van der Waals surface area (Å²) in [6.45, 7) is 0.304. The summed E-state index contributed by atoms with van der Waals surface area (Å²) in [5.74, 6) is 0.551. The third-order valence-corrected chi connectivity index (χ3v) is 5.07. The van der Waals surface area contributed by atoms with Crippen LogP contribution in [0.3, 0.4) is 0 Å². The predicted molar refractivity (Wildman–Crippen MR) is 134 cm³/mol. The molecule has 0 aromatic heterocycles. The molecule has 9 heteroatoms. The molecule has 0 unspecified atom stereocenters. The van der Waals surface area contributed by atoms with Crippen LogP contribution in [0.2, 0.25) is 10.0 Å². The van der Waals surface area contributed by atoms with Gasteiger partial charge in [0.1, 0.15) is 18.1 Å². The van der Waals surface area contributed by atoms with Crippen molar-refractivity contribution in [3.8, 4) is 11.5 Å². The number of carbonyl (C=O) groups is 2. The van der Waals surface area contributed by atoms with Gasteiger partial charge in [0, 0.05) is 34.1 Å². The number of methoxy groups -OCH3 is 1. The van der Waals surface area contributed by atoms with Crippen LogP contribution in [0.15, 0.2) is 71.8 Å². The summed E-state index contributed by atoms with van der Waals surface area (Å²) in [7, 11) is 1.57. The SMILES string of the molecule is COc1ccc(NC(=O)CCC(=O)NN=Cc2cc(Cl)ccc2OCc2cccc(Cl)c2)cc1. The van der Waals surface area contributed by atoms with Crippen molar-refractivity contribution in [3.05, 3.63) is 87.9 Å². The van der Waals surface area contributed by atoms with E-state index in [2.05, 4.69) is 15.8 Å². The largest absolute Gasteiger partial charge is 0.497 e. The lowest BCUT2D eigenvalue weighted by atomic mass is 10.2. The zero-order valence-corrected chi connectivity index (χ0v) is 19.9. The van der Waals surface area contributed by atoms with Gasteiger partial charge in [0.15, 0.2) is 0 Å². The number of benzene rings is 3. The van der Waals surface area contributed by atoms with E-state index in [0.29, 0.717) is 39.4 Å². The highest BCUT2D eigenvalue weighted by atomic mass is 35.5.